The third-order valence-electron chi connectivity index (χ3n) is 6.69. The first-order valence-electron chi connectivity index (χ1n) is 12.9. The van der Waals surface area contributed by atoms with E-state index in [2.05, 4.69) is 25.9 Å². The number of hydrogen-bond acceptors (Lipinski definition) is 9. The second-order valence-corrected chi connectivity index (χ2v) is 9.76. The fourth-order valence-corrected chi connectivity index (χ4v) is 4.42. The fraction of sp³-hybridized carbons (Fsp3) is 0.423. The number of amides is 2. The van der Waals surface area contributed by atoms with Gasteiger partial charge >= 0.3 is 17.9 Å². The number of nitrogen functional groups attached to an aromatic ring is 1. The molecule has 1 aliphatic rings. The number of fused-ring (bicyclic) bond motifs is 1. The van der Waals surface area contributed by atoms with Crippen molar-refractivity contribution >= 4 is 41.5 Å². The minimum Gasteiger partial charge on any atom is -0.481 e. The van der Waals surface area contributed by atoms with Gasteiger partial charge in [0.05, 0.1) is 5.56 Å². The van der Waals surface area contributed by atoms with Crippen LogP contribution in [-0.4, -0.2) is 73.6 Å². The summed E-state index contributed by atoms with van der Waals surface area (Å²) in [6.45, 7) is 0.636. The van der Waals surface area contributed by atoms with Gasteiger partial charge in [0.15, 0.2) is 0 Å². The summed E-state index contributed by atoms with van der Waals surface area (Å²) in [6.07, 6.45) is 0.501. The number of carbonyl (C=O) groups is 5. The van der Waals surface area contributed by atoms with Crippen molar-refractivity contribution in [2.45, 2.75) is 57.0 Å². The molecule has 1 aromatic heterocycles. The average molecular weight is 573 g/mol. The van der Waals surface area contributed by atoms with Crippen molar-refractivity contribution in [2.75, 3.05) is 17.6 Å². The molecule has 0 fully saturated rings. The Morgan fingerprint density at radius 2 is 1.61 bits per heavy atom. The van der Waals surface area contributed by atoms with Crippen LogP contribution in [0.2, 0.25) is 0 Å². The Balaban J connectivity index is 1.49. The van der Waals surface area contributed by atoms with Crippen molar-refractivity contribution in [3.05, 3.63) is 51.3 Å². The number of aryl methyl sites for hydroxylation is 1. The predicted molar refractivity (Wildman–Crippen MR) is 144 cm³/mol. The van der Waals surface area contributed by atoms with Gasteiger partial charge in [0, 0.05) is 24.9 Å². The zero-order chi connectivity index (χ0) is 30.1. The van der Waals surface area contributed by atoms with Gasteiger partial charge in [-0.3, -0.25) is 24.2 Å². The van der Waals surface area contributed by atoms with E-state index in [4.69, 9.17) is 15.9 Å². The van der Waals surface area contributed by atoms with E-state index in [9.17, 15) is 33.9 Å². The van der Waals surface area contributed by atoms with Gasteiger partial charge in [-0.05, 0) is 55.7 Å². The van der Waals surface area contributed by atoms with E-state index in [1.807, 2.05) is 0 Å². The van der Waals surface area contributed by atoms with Gasteiger partial charge in [0.2, 0.25) is 11.9 Å². The highest BCUT2D eigenvalue weighted by molar-refractivity contribution is 5.96. The third-order valence-corrected chi connectivity index (χ3v) is 6.69. The average Bonchev–Trinajstić information content (AvgIpc) is 2.91. The second-order valence-electron chi connectivity index (χ2n) is 9.76. The molecule has 3 atom stereocenters. The lowest BCUT2D eigenvalue weighted by atomic mass is 9.91. The summed E-state index contributed by atoms with van der Waals surface area (Å²) in [5.74, 6) is -4.70. The second kappa shape index (κ2) is 13.9. The molecule has 0 aliphatic carbocycles. The number of H-pyrrole nitrogens is 1. The Labute approximate surface area is 233 Å². The zero-order valence-electron chi connectivity index (χ0n) is 22.0. The molecule has 9 N–H and O–H groups in total. The van der Waals surface area contributed by atoms with Crippen LogP contribution in [-0.2, 0) is 32.0 Å². The predicted octanol–water partition coefficient (Wildman–Crippen LogP) is -0.0335. The summed E-state index contributed by atoms with van der Waals surface area (Å²) in [6, 6.07) is 3.77. The molecular formula is C26H32N6O9. The first-order valence-corrected chi connectivity index (χ1v) is 12.9. The maximum atomic E-state index is 12.6. The first kappa shape index (κ1) is 30.6. The topological polar surface area (TPSA) is 254 Å². The number of aromatic amines is 1. The number of benzene rings is 1. The molecule has 2 aromatic rings. The maximum Gasteiger partial charge on any atom is 0.326 e. The molecule has 2 amide bonds. The largest absolute Gasteiger partial charge is 0.481 e. The molecule has 0 saturated carbocycles. The highest BCUT2D eigenvalue weighted by Gasteiger charge is 2.25. The molecule has 2 heterocycles. The van der Waals surface area contributed by atoms with Gasteiger partial charge in [-0.1, -0.05) is 12.1 Å². The summed E-state index contributed by atoms with van der Waals surface area (Å²) < 4.78 is 0. The highest BCUT2D eigenvalue weighted by Crippen LogP contribution is 2.23. The molecule has 15 heteroatoms. The van der Waals surface area contributed by atoms with Crippen LogP contribution in [0, 0.1) is 5.92 Å². The van der Waals surface area contributed by atoms with Crippen LogP contribution in [0.5, 0.6) is 0 Å². The number of carboxylic acids is 3. The summed E-state index contributed by atoms with van der Waals surface area (Å²) >= 11 is 0. The lowest BCUT2D eigenvalue weighted by Crippen LogP contribution is -2.44. The van der Waals surface area contributed by atoms with Crippen molar-refractivity contribution < 1.29 is 39.3 Å². The minimum absolute atomic E-state index is 0.0582. The summed E-state index contributed by atoms with van der Waals surface area (Å²) in [5.41, 5.74) is 7.04. The van der Waals surface area contributed by atoms with E-state index in [-0.39, 0.29) is 35.8 Å². The van der Waals surface area contributed by atoms with Gasteiger partial charge < -0.3 is 37.0 Å². The van der Waals surface area contributed by atoms with Crippen LogP contribution in [0.3, 0.4) is 0 Å². The molecule has 0 radical (unpaired) electrons. The van der Waals surface area contributed by atoms with Gasteiger partial charge in [0.25, 0.3) is 11.5 Å². The molecule has 0 saturated heterocycles. The number of carbonyl (C=O) groups excluding carboxylic acids is 2. The van der Waals surface area contributed by atoms with E-state index in [1.54, 1.807) is 24.3 Å². The molecule has 1 unspecified atom stereocenters. The molecule has 0 bridgehead atoms. The monoisotopic (exact) mass is 572 g/mol. The molecule has 1 aliphatic heterocycles. The van der Waals surface area contributed by atoms with Gasteiger partial charge in [-0.2, -0.15) is 4.98 Å². The standard InChI is InChI=1S/C26H32N6O9/c27-26-31-21-16(23(37)32-26)11-14(12-28-21)2-1-13-3-5-15(6-4-13)22(36)30-18(25(40)41)7-9-19(33)29-17(24(38)39)8-10-20(34)35/h3-6,14,17-18H,1-2,7-12H2,(H,29,33)(H,30,36)(H,34,35)(H,38,39)(H,40,41)(H4,27,28,31,32,37)/t14?,17-,18+/m1/s1. The number of rotatable bonds is 14. The van der Waals surface area contributed by atoms with Crippen molar-refractivity contribution in [3.63, 3.8) is 0 Å². The van der Waals surface area contributed by atoms with E-state index in [0.717, 1.165) is 12.0 Å². The Kier molecular flexibility index (Phi) is 10.4. The normalized spacial score (nSPS) is 15.5. The number of hydrogen-bond donors (Lipinski definition) is 8. The Hall–Kier alpha value is -4.95. The van der Waals surface area contributed by atoms with Crippen molar-refractivity contribution in [3.8, 4) is 0 Å². The summed E-state index contributed by atoms with van der Waals surface area (Å²) in [5, 5.41) is 35.0. The van der Waals surface area contributed by atoms with Crippen LogP contribution in [0.15, 0.2) is 29.1 Å². The quantitative estimate of drug-likeness (QED) is 0.148. The van der Waals surface area contributed by atoms with E-state index < -0.39 is 54.6 Å². The third kappa shape index (κ3) is 9.05. The fourth-order valence-electron chi connectivity index (χ4n) is 4.42. The molecule has 1 aromatic carbocycles. The molecule has 3 rings (SSSR count). The van der Waals surface area contributed by atoms with Crippen molar-refractivity contribution in [1.82, 2.24) is 20.6 Å². The van der Waals surface area contributed by atoms with Gasteiger partial charge in [-0.15, -0.1) is 0 Å². The number of nitrogens with two attached hydrogens (primary N) is 1. The minimum atomic E-state index is -1.43. The summed E-state index contributed by atoms with van der Waals surface area (Å²) in [7, 11) is 0. The van der Waals surface area contributed by atoms with Crippen LogP contribution in [0.1, 0.15) is 53.6 Å². The zero-order valence-corrected chi connectivity index (χ0v) is 22.0. The molecule has 41 heavy (non-hydrogen) atoms. The van der Waals surface area contributed by atoms with Crippen LogP contribution < -0.4 is 27.2 Å². The number of aliphatic carboxylic acids is 3. The number of nitrogens with zero attached hydrogens (tertiary/aromatic N) is 1. The van der Waals surface area contributed by atoms with E-state index in [1.165, 1.54) is 0 Å². The van der Waals surface area contributed by atoms with E-state index >= 15 is 0 Å². The van der Waals surface area contributed by atoms with Crippen molar-refractivity contribution in [2.24, 2.45) is 5.92 Å². The lowest BCUT2D eigenvalue weighted by molar-refractivity contribution is -0.143. The van der Waals surface area contributed by atoms with Gasteiger partial charge in [-0.25, -0.2) is 9.59 Å². The van der Waals surface area contributed by atoms with Gasteiger partial charge in [0.1, 0.15) is 17.9 Å². The van der Waals surface area contributed by atoms with Crippen molar-refractivity contribution in [1.29, 1.82) is 0 Å². The molecule has 15 nitrogen and oxygen atoms in total. The highest BCUT2D eigenvalue weighted by atomic mass is 16.4. The Morgan fingerprint density at radius 3 is 2.24 bits per heavy atom. The maximum absolute atomic E-state index is 12.6. The number of anilines is 2. The van der Waals surface area contributed by atoms with Crippen LogP contribution in [0.25, 0.3) is 0 Å². The smallest absolute Gasteiger partial charge is 0.326 e. The first-order chi connectivity index (χ1) is 19.4. The lowest BCUT2D eigenvalue weighted by Gasteiger charge is -2.24. The number of carboxylic acid groups (broad SMARTS) is 3. The van der Waals surface area contributed by atoms with E-state index in [0.29, 0.717) is 30.8 Å². The molecular weight excluding hydrogens is 540 g/mol. The van der Waals surface area contributed by atoms with Crippen LogP contribution in [0.4, 0.5) is 11.8 Å². The number of nitrogens with one attached hydrogen (secondary N) is 4. The number of aromatic nitrogens is 2. The Bertz CT molecular complexity index is 1360. The Morgan fingerprint density at radius 1 is 0.976 bits per heavy atom. The van der Waals surface area contributed by atoms with Crippen LogP contribution >= 0.6 is 0 Å². The SMILES string of the molecule is Nc1nc2c(c(=O)[nH]1)CC(CCc1ccc(C(=O)N[C@@H](CCC(=O)N[C@H](CCC(=O)O)C(=O)O)C(=O)O)cc1)CN2. The molecule has 0 spiro atoms. The molecule has 220 valence electrons. The summed E-state index contributed by atoms with van der Waals surface area (Å²) in [4.78, 5) is 77.1.